The number of methoxy groups -OCH3 is 1. The van der Waals surface area contributed by atoms with Crippen molar-refractivity contribution in [3.8, 4) is 11.1 Å². The highest BCUT2D eigenvalue weighted by molar-refractivity contribution is 6.40. The Kier molecular flexibility index (Phi) is 7.99. The number of urea groups is 1. The second-order valence-corrected chi connectivity index (χ2v) is 11.6. The lowest BCUT2D eigenvalue weighted by Crippen LogP contribution is -2.42. The summed E-state index contributed by atoms with van der Waals surface area (Å²) in [5.74, 6) is 0.418. The van der Waals surface area contributed by atoms with E-state index in [1.807, 2.05) is 48.5 Å². The molecule has 10 heteroatoms. The Labute approximate surface area is 259 Å². The topological polar surface area (TPSA) is 74.8 Å². The van der Waals surface area contributed by atoms with Gasteiger partial charge in [-0.25, -0.2) is 9.78 Å². The minimum atomic E-state index is -0.340. The van der Waals surface area contributed by atoms with Gasteiger partial charge in [0.25, 0.3) is 0 Å². The highest BCUT2D eigenvalue weighted by atomic mass is 35.5. The molecule has 2 aliphatic heterocycles. The lowest BCUT2D eigenvalue weighted by molar-refractivity contribution is -0.141. The van der Waals surface area contributed by atoms with Gasteiger partial charge in [-0.15, -0.1) is 0 Å². The van der Waals surface area contributed by atoms with Gasteiger partial charge in [-0.1, -0.05) is 71.2 Å². The summed E-state index contributed by atoms with van der Waals surface area (Å²) < 4.78 is 5.07. The molecule has 0 saturated carbocycles. The molecular formula is C32H27Cl3N4O3. The Bertz CT molecular complexity index is 1650. The van der Waals surface area contributed by atoms with Crippen molar-refractivity contribution < 1.29 is 14.3 Å². The van der Waals surface area contributed by atoms with Crippen LogP contribution in [0, 0.1) is 5.92 Å². The summed E-state index contributed by atoms with van der Waals surface area (Å²) in [5.41, 5.74) is 4.62. The number of aromatic nitrogens is 1. The first-order valence-electron chi connectivity index (χ1n) is 13.5. The highest BCUT2D eigenvalue weighted by Crippen LogP contribution is 2.47. The number of hydrogen-bond donors (Lipinski definition) is 1. The van der Waals surface area contributed by atoms with Gasteiger partial charge < -0.3 is 15.0 Å². The number of anilines is 3. The molecule has 2 atom stereocenters. The number of rotatable bonds is 6. The van der Waals surface area contributed by atoms with Crippen LogP contribution in [0.2, 0.25) is 15.1 Å². The maximum Gasteiger partial charge on any atom is 0.326 e. The molecular weight excluding hydrogens is 595 g/mol. The maximum atomic E-state index is 13.5. The molecule has 3 heterocycles. The fourth-order valence-corrected chi connectivity index (χ4v) is 6.76. The van der Waals surface area contributed by atoms with Gasteiger partial charge in [-0.3, -0.25) is 9.69 Å². The summed E-state index contributed by atoms with van der Waals surface area (Å²) in [4.78, 5) is 34.3. The van der Waals surface area contributed by atoms with Gasteiger partial charge in [0.1, 0.15) is 5.82 Å². The van der Waals surface area contributed by atoms with E-state index in [0.29, 0.717) is 46.1 Å². The summed E-state index contributed by atoms with van der Waals surface area (Å²) in [7, 11) is 1.40. The summed E-state index contributed by atoms with van der Waals surface area (Å²) in [6.07, 6.45) is 2.00. The van der Waals surface area contributed by atoms with Gasteiger partial charge in [0.15, 0.2) is 0 Å². The van der Waals surface area contributed by atoms with E-state index in [-0.39, 0.29) is 30.3 Å². The van der Waals surface area contributed by atoms with Crippen molar-refractivity contribution in [3.63, 3.8) is 0 Å². The van der Waals surface area contributed by atoms with Crippen LogP contribution in [0.25, 0.3) is 11.1 Å². The number of carbonyl (C=O) groups is 2. The molecule has 0 aliphatic carbocycles. The number of benzene rings is 3. The molecule has 2 unspecified atom stereocenters. The molecule has 3 aromatic carbocycles. The van der Waals surface area contributed by atoms with Crippen LogP contribution < -0.4 is 15.1 Å². The van der Waals surface area contributed by atoms with E-state index < -0.39 is 0 Å². The molecule has 2 aliphatic rings. The molecule has 1 fully saturated rings. The lowest BCUT2D eigenvalue weighted by atomic mass is 9.83. The van der Waals surface area contributed by atoms with Crippen LogP contribution in [-0.4, -0.2) is 37.2 Å². The van der Waals surface area contributed by atoms with Crippen molar-refractivity contribution in [2.75, 3.05) is 30.0 Å². The molecule has 0 radical (unpaired) electrons. The minimum absolute atomic E-state index is 0.0635. The van der Waals surface area contributed by atoms with Crippen molar-refractivity contribution in [2.45, 2.75) is 18.9 Å². The first kappa shape index (κ1) is 28.3. The Balaban J connectivity index is 1.55. The number of fused-ring (bicyclic) bond motifs is 1. The van der Waals surface area contributed by atoms with Gasteiger partial charge in [-0.2, -0.15) is 0 Å². The van der Waals surface area contributed by atoms with Gasteiger partial charge in [0, 0.05) is 47.9 Å². The molecule has 0 bridgehead atoms. The quantitative estimate of drug-likeness (QED) is 0.222. The largest absolute Gasteiger partial charge is 0.469 e. The zero-order valence-electron chi connectivity index (χ0n) is 22.7. The number of nitrogens with zero attached hydrogens (tertiary/aromatic N) is 3. The number of carbonyl (C=O) groups excluding carboxylic acids is 2. The second-order valence-electron chi connectivity index (χ2n) is 10.4. The predicted octanol–water partition coefficient (Wildman–Crippen LogP) is 7.85. The third-order valence-corrected chi connectivity index (χ3v) is 8.87. The third kappa shape index (κ3) is 5.28. The summed E-state index contributed by atoms with van der Waals surface area (Å²) in [5, 5.41) is 4.26. The van der Waals surface area contributed by atoms with Crippen LogP contribution in [-0.2, 0) is 16.1 Å². The standard InChI is InChI=1S/C32H27Cl3N4O3/c1-42-30(40)15-20-17-38(29-11-4-5-12-36-29)18-24(20)19-13-22(21-7-2-3-8-25(21)33)23-16-37-32(41)39(28(23)14-19)31-26(34)9-6-10-27(31)35/h2-14,20,24H,15-18H2,1H3,(H,37,41). The molecule has 42 heavy (non-hydrogen) atoms. The average Bonchev–Trinajstić information content (AvgIpc) is 3.42. The number of nitrogens with one attached hydrogen (secondary N) is 1. The van der Waals surface area contributed by atoms with Crippen LogP contribution in [0.3, 0.4) is 0 Å². The SMILES string of the molecule is COC(=O)CC1CN(c2ccccn2)CC1c1cc(-c2ccccc2Cl)c2c(c1)N(c1c(Cl)cccc1Cl)C(=O)NC2. The normalized spacial score (nSPS) is 18.0. The first-order chi connectivity index (χ1) is 20.4. The van der Waals surface area contributed by atoms with Crippen LogP contribution in [0.1, 0.15) is 23.5 Å². The molecule has 1 N–H and O–H groups in total. The van der Waals surface area contributed by atoms with Gasteiger partial charge in [-0.05, 0) is 53.4 Å². The number of halogens is 3. The Hall–Kier alpha value is -3.78. The lowest BCUT2D eigenvalue weighted by Gasteiger charge is -2.34. The van der Waals surface area contributed by atoms with E-state index in [4.69, 9.17) is 39.5 Å². The van der Waals surface area contributed by atoms with Crippen LogP contribution >= 0.6 is 34.8 Å². The van der Waals surface area contributed by atoms with E-state index in [2.05, 4.69) is 21.3 Å². The van der Waals surface area contributed by atoms with Crippen molar-refractivity contribution in [3.05, 3.63) is 105 Å². The van der Waals surface area contributed by atoms with Gasteiger partial charge in [0.05, 0.1) is 35.0 Å². The molecule has 1 aromatic heterocycles. The molecule has 7 nitrogen and oxygen atoms in total. The predicted molar refractivity (Wildman–Crippen MR) is 167 cm³/mol. The van der Waals surface area contributed by atoms with Crippen molar-refractivity contribution in [1.29, 1.82) is 0 Å². The molecule has 4 aromatic rings. The van der Waals surface area contributed by atoms with E-state index in [9.17, 15) is 9.59 Å². The Morgan fingerprint density at radius 2 is 1.69 bits per heavy atom. The zero-order chi connectivity index (χ0) is 29.4. The fraction of sp³-hybridized carbons (Fsp3) is 0.219. The highest BCUT2D eigenvalue weighted by Gasteiger charge is 2.38. The average molecular weight is 622 g/mol. The van der Waals surface area contributed by atoms with Crippen LogP contribution in [0.15, 0.2) is 79.0 Å². The van der Waals surface area contributed by atoms with Gasteiger partial charge >= 0.3 is 12.0 Å². The summed E-state index contributed by atoms with van der Waals surface area (Å²) in [6, 6.07) is 22.4. The summed E-state index contributed by atoms with van der Waals surface area (Å²) in [6.45, 7) is 1.54. The van der Waals surface area contributed by atoms with E-state index in [1.165, 1.54) is 12.0 Å². The zero-order valence-corrected chi connectivity index (χ0v) is 25.0. The van der Waals surface area contributed by atoms with E-state index in [0.717, 1.165) is 28.1 Å². The number of para-hydroxylation sites is 1. The smallest absolute Gasteiger partial charge is 0.326 e. The maximum absolute atomic E-state index is 13.5. The van der Waals surface area contributed by atoms with Crippen molar-refractivity contribution >= 4 is 64.0 Å². The van der Waals surface area contributed by atoms with E-state index >= 15 is 0 Å². The van der Waals surface area contributed by atoms with E-state index in [1.54, 1.807) is 24.4 Å². The van der Waals surface area contributed by atoms with Crippen LogP contribution in [0.4, 0.5) is 22.0 Å². The van der Waals surface area contributed by atoms with Crippen molar-refractivity contribution in [2.24, 2.45) is 5.92 Å². The Morgan fingerprint density at radius 1 is 0.952 bits per heavy atom. The molecule has 0 spiro atoms. The number of ether oxygens (including phenoxy) is 1. The summed E-state index contributed by atoms with van der Waals surface area (Å²) >= 11 is 20.0. The number of hydrogen-bond acceptors (Lipinski definition) is 5. The minimum Gasteiger partial charge on any atom is -0.469 e. The molecule has 1 saturated heterocycles. The third-order valence-electron chi connectivity index (χ3n) is 7.93. The Morgan fingerprint density at radius 3 is 2.40 bits per heavy atom. The van der Waals surface area contributed by atoms with Crippen molar-refractivity contribution in [1.82, 2.24) is 10.3 Å². The van der Waals surface area contributed by atoms with Gasteiger partial charge in [0.2, 0.25) is 0 Å². The van der Waals surface area contributed by atoms with Crippen LogP contribution in [0.5, 0.6) is 0 Å². The second kappa shape index (κ2) is 11.8. The first-order valence-corrected chi connectivity index (χ1v) is 14.7. The monoisotopic (exact) mass is 620 g/mol. The molecule has 6 rings (SSSR count). The molecule has 2 amide bonds. The number of esters is 1. The fourth-order valence-electron chi connectivity index (χ4n) is 5.96. The molecule has 214 valence electrons. The number of pyridine rings is 1. The number of amides is 2.